The Morgan fingerprint density at radius 3 is 3.06 bits per heavy atom. The smallest absolute Gasteiger partial charge is 0.234 e. The van der Waals surface area contributed by atoms with Crippen LogP contribution in [0.25, 0.3) is 0 Å². The maximum Gasteiger partial charge on any atom is 0.234 e. The number of hydrogen-bond acceptors (Lipinski definition) is 4. The van der Waals surface area contributed by atoms with Crippen molar-refractivity contribution < 1.29 is 4.74 Å². The summed E-state index contributed by atoms with van der Waals surface area (Å²) in [6.45, 7) is 6.75. The Balaban J connectivity index is 2.04. The molecule has 1 saturated heterocycles. The van der Waals surface area contributed by atoms with Crippen molar-refractivity contribution in [2.45, 2.75) is 32.1 Å². The quantitative estimate of drug-likeness (QED) is 0.788. The minimum absolute atomic E-state index is 0.181. The van der Waals surface area contributed by atoms with E-state index < -0.39 is 0 Å². The lowest BCUT2D eigenvalue weighted by Gasteiger charge is -2.34. The van der Waals surface area contributed by atoms with Crippen molar-refractivity contribution >= 4 is 17.4 Å². The molecular weight excluding hydrogens is 250 g/mol. The molecule has 2 unspecified atom stereocenters. The summed E-state index contributed by atoms with van der Waals surface area (Å²) in [4.78, 5) is 10.8. The fraction of sp³-hybridized carbons (Fsp3) is 0.692. The molecule has 0 saturated carbocycles. The van der Waals surface area contributed by atoms with E-state index in [2.05, 4.69) is 28.7 Å². The van der Waals surface area contributed by atoms with Gasteiger partial charge in [0.25, 0.3) is 0 Å². The molecule has 0 spiro atoms. The van der Waals surface area contributed by atoms with Crippen molar-refractivity contribution in [1.82, 2.24) is 9.97 Å². The largest absolute Gasteiger partial charge is 0.477 e. The first-order valence-electron chi connectivity index (χ1n) is 6.54. The van der Waals surface area contributed by atoms with Crippen LogP contribution < -0.4 is 9.64 Å². The molecule has 0 N–H and O–H groups in total. The van der Waals surface area contributed by atoms with Crippen LogP contribution in [-0.4, -0.2) is 35.0 Å². The fourth-order valence-corrected chi connectivity index (χ4v) is 2.29. The van der Waals surface area contributed by atoms with E-state index in [1.807, 2.05) is 0 Å². The van der Waals surface area contributed by atoms with E-state index >= 15 is 0 Å². The van der Waals surface area contributed by atoms with Gasteiger partial charge in [-0.1, -0.05) is 13.8 Å². The molecule has 2 rings (SSSR count). The summed E-state index contributed by atoms with van der Waals surface area (Å²) >= 11 is 6.31. The minimum atomic E-state index is 0.181. The van der Waals surface area contributed by atoms with Gasteiger partial charge in [-0.15, -0.1) is 11.6 Å². The summed E-state index contributed by atoms with van der Waals surface area (Å²) in [5, 5.41) is 0.181. The lowest BCUT2D eigenvalue weighted by atomic mass is 9.99. The van der Waals surface area contributed by atoms with Gasteiger partial charge in [0, 0.05) is 13.1 Å². The van der Waals surface area contributed by atoms with Crippen LogP contribution >= 0.6 is 11.6 Å². The highest BCUT2D eigenvalue weighted by molar-refractivity contribution is 6.21. The zero-order chi connectivity index (χ0) is 13.0. The van der Waals surface area contributed by atoms with Crippen LogP contribution in [0.5, 0.6) is 5.88 Å². The number of rotatable bonds is 4. The molecule has 0 radical (unpaired) electrons. The third kappa shape index (κ3) is 3.25. The van der Waals surface area contributed by atoms with E-state index in [1.54, 1.807) is 12.4 Å². The molecule has 5 heteroatoms. The molecule has 0 amide bonds. The van der Waals surface area contributed by atoms with E-state index in [1.165, 1.54) is 0 Å². The van der Waals surface area contributed by atoms with Crippen molar-refractivity contribution in [3.63, 3.8) is 0 Å². The van der Waals surface area contributed by atoms with Crippen molar-refractivity contribution in [3.8, 4) is 5.88 Å². The Morgan fingerprint density at radius 2 is 2.33 bits per heavy atom. The summed E-state index contributed by atoms with van der Waals surface area (Å²) in [6.07, 6.45) is 5.50. The lowest BCUT2D eigenvalue weighted by molar-refractivity contribution is 0.303. The first kappa shape index (κ1) is 13.4. The van der Waals surface area contributed by atoms with Gasteiger partial charge in [0.2, 0.25) is 5.88 Å². The third-order valence-electron chi connectivity index (χ3n) is 3.24. The molecule has 2 atom stereocenters. The summed E-state index contributed by atoms with van der Waals surface area (Å²) in [5.41, 5.74) is 0. The Kier molecular flexibility index (Phi) is 4.64. The highest BCUT2D eigenvalue weighted by Gasteiger charge is 2.25. The van der Waals surface area contributed by atoms with Crippen molar-refractivity contribution in [2.24, 2.45) is 5.92 Å². The molecule has 18 heavy (non-hydrogen) atoms. The second kappa shape index (κ2) is 6.23. The third-order valence-corrected chi connectivity index (χ3v) is 3.81. The lowest BCUT2D eigenvalue weighted by Crippen LogP contribution is -2.40. The van der Waals surface area contributed by atoms with Crippen LogP contribution in [0.1, 0.15) is 26.7 Å². The van der Waals surface area contributed by atoms with E-state index in [0.717, 1.165) is 31.7 Å². The number of piperidine rings is 1. The molecule has 0 aliphatic carbocycles. The SMILES string of the molecule is CCCOc1cncc(N2CCC(C)C(Cl)C2)n1. The Morgan fingerprint density at radius 1 is 1.50 bits per heavy atom. The number of hydrogen-bond donors (Lipinski definition) is 0. The van der Waals surface area contributed by atoms with Gasteiger partial charge >= 0.3 is 0 Å². The number of ether oxygens (including phenoxy) is 1. The number of halogens is 1. The predicted octanol–water partition coefficient (Wildman–Crippen LogP) is 2.72. The first-order valence-corrected chi connectivity index (χ1v) is 6.98. The van der Waals surface area contributed by atoms with Gasteiger partial charge in [-0.05, 0) is 18.8 Å². The van der Waals surface area contributed by atoms with Crippen LogP contribution in [-0.2, 0) is 0 Å². The maximum absolute atomic E-state index is 6.31. The van der Waals surface area contributed by atoms with E-state index in [4.69, 9.17) is 16.3 Å². The van der Waals surface area contributed by atoms with Crippen LogP contribution in [0, 0.1) is 5.92 Å². The van der Waals surface area contributed by atoms with Crippen LogP contribution in [0.2, 0.25) is 0 Å². The van der Waals surface area contributed by atoms with Crippen LogP contribution in [0.4, 0.5) is 5.82 Å². The van der Waals surface area contributed by atoms with Gasteiger partial charge in [-0.3, -0.25) is 4.98 Å². The van der Waals surface area contributed by atoms with E-state index in [-0.39, 0.29) is 5.38 Å². The second-order valence-corrected chi connectivity index (χ2v) is 5.35. The molecule has 2 heterocycles. The molecule has 0 aromatic carbocycles. The molecule has 100 valence electrons. The van der Waals surface area contributed by atoms with Gasteiger partial charge in [0.05, 0.1) is 24.4 Å². The fourth-order valence-electron chi connectivity index (χ4n) is 2.00. The van der Waals surface area contributed by atoms with Crippen molar-refractivity contribution in [2.75, 3.05) is 24.6 Å². The minimum Gasteiger partial charge on any atom is -0.477 e. The summed E-state index contributed by atoms with van der Waals surface area (Å²) < 4.78 is 5.50. The van der Waals surface area contributed by atoms with Gasteiger partial charge in [0.15, 0.2) is 5.82 Å². The summed E-state index contributed by atoms with van der Waals surface area (Å²) in [7, 11) is 0. The highest BCUT2D eigenvalue weighted by atomic mass is 35.5. The number of nitrogens with zero attached hydrogens (tertiary/aromatic N) is 3. The first-order chi connectivity index (χ1) is 8.70. The Labute approximate surface area is 113 Å². The number of anilines is 1. The average molecular weight is 270 g/mol. The van der Waals surface area contributed by atoms with Gasteiger partial charge in [-0.2, -0.15) is 4.98 Å². The predicted molar refractivity (Wildman–Crippen MR) is 73.5 cm³/mol. The monoisotopic (exact) mass is 269 g/mol. The molecule has 1 aliphatic rings. The standard InChI is InChI=1S/C13H20ClN3O/c1-3-6-18-13-8-15-7-12(16-13)17-5-4-10(2)11(14)9-17/h7-8,10-11H,3-6,9H2,1-2H3. The van der Waals surface area contributed by atoms with Crippen molar-refractivity contribution in [1.29, 1.82) is 0 Å². The van der Waals surface area contributed by atoms with Crippen LogP contribution in [0.15, 0.2) is 12.4 Å². The second-order valence-electron chi connectivity index (χ2n) is 4.79. The number of aromatic nitrogens is 2. The Hall–Kier alpha value is -1.03. The maximum atomic E-state index is 6.31. The normalized spacial score (nSPS) is 24.1. The zero-order valence-corrected chi connectivity index (χ0v) is 11.7. The topological polar surface area (TPSA) is 38.2 Å². The highest BCUT2D eigenvalue weighted by Crippen LogP contribution is 2.25. The van der Waals surface area contributed by atoms with Crippen molar-refractivity contribution in [3.05, 3.63) is 12.4 Å². The summed E-state index contributed by atoms with van der Waals surface area (Å²) in [5.74, 6) is 2.02. The molecular formula is C13H20ClN3O. The molecule has 1 aromatic heterocycles. The Bertz CT molecular complexity index is 388. The zero-order valence-electron chi connectivity index (χ0n) is 11.0. The summed E-state index contributed by atoms with van der Waals surface area (Å²) in [6, 6.07) is 0. The van der Waals surface area contributed by atoms with Crippen LogP contribution in [0.3, 0.4) is 0 Å². The van der Waals surface area contributed by atoms with E-state index in [9.17, 15) is 0 Å². The molecule has 1 fully saturated rings. The van der Waals surface area contributed by atoms with Gasteiger partial charge < -0.3 is 9.64 Å². The molecule has 1 aromatic rings. The molecule has 4 nitrogen and oxygen atoms in total. The number of alkyl halides is 1. The van der Waals surface area contributed by atoms with Gasteiger partial charge in [-0.25, -0.2) is 0 Å². The molecule has 0 bridgehead atoms. The average Bonchev–Trinajstić information content (AvgIpc) is 2.40. The van der Waals surface area contributed by atoms with Gasteiger partial charge in [0.1, 0.15) is 0 Å². The molecule has 1 aliphatic heterocycles. The van der Waals surface area contributed by atoms with E-state index in [0.29, 0.717) is 18.4 Å².